The molecule has 10 heteroatoms. The van der Waals surface area contributed by atoms with Crippen LogP contribution in [0, 0.1) is 10.1 Å². The van der Waals surface area contributed by atoms with Crippen LogP contribution in [0.15, 0.2) is 42.7 Å². The minimum atomic E-state index is -0.652. The second kappa shape index (κ2) is 6.13. The summed E-state index contributed by atoms with van der Waals surface area (Å²) >= 11 is 5.82. The normalized spacial score (nSPS) is 10.6. The van der Waals surface area contributed by atoms with Gasteiger partial charge in [0.25, 0.3) is 5.91 Å². The van der Waals surface area contributed by atoms with Crippen LogP contribution in [0.2, 0.25) is 5.02 Å². The van der Waals surface area contributed by atoms with E-state index in [-0.39, 0.29) is 11.5 Å². The van der Waals surface area contributed by atoms with Crippen LogP contribution in [0.25, 0.3) is 5.69 Å². The Bertz CT molecular complexity index is 915. The van der Waals surface area contributed by atoms with E-state index in [0.29, 0.717) is 10.7 Å². The zero-order chi connectivity index (χ0) is 17.3. The maximum Gasteiger partial charge on any atom is 0.390 e. The van der Waals surface area contributed by atoms with Crippen LogP contribution in [0.4, 0.5) is 11.5 Å². The molecule has 9 nitrogen and oxygen atoms in total. The highest BCUT2D eigenvalue weighted by Gasteiger charge is 2.21. The maximum absolute atomic E-state index is 12.2. The van der Waals surface area contributed by atoms with Gasteiger partial charge < -0.3 is 15.4 Å². The van der Waals surface area contributed by atoms with Crippen molar-refractivity contribution in [2.45, 2.75) is 0 Å². The number of hydrogen-bond donors (Lipinski definition) is 1. The number of carbonyl (C=O) groups is 1. The lowest BCUT2D eigenvalue weighted by atomic mass is 10.2. The van der Waals surface area contributed by atoms with Gasteiger partial charge in [-0.25, -0.2) is 4.68 Å². The summed E-state index contributed by atoms with van der Waals surface area (Å²) < 4.78 is 2.76. The number of nitrogens with one attached hydrogen (secondary N) is 1. The van der Waals surface area contributed by atoms with Gasteiger partial charge in [-0.3, -0.25) is 4.79 Å². The molecule has 0 saturated heterocycles. The van der Waals surface area contributed by atoms with E-state index in [4.69, 9.17) is 11.6 Å². The summed E-state index contributed by atoms with van der Waals surface area (Å²) in [6.07, 6.45) is 3.18. The Kier molecular flexibility index (Phi) is 4.00. The first kappa shape index (κ1) is 15.7. The lowest BCUT2D eigenvalue weighted by Crippen LogP contribution is -2.16. The molecule has 3 rings (SSSR count). The summed E-state index contributed by atoms with van der Waals surface area (Å²) in [6, 6.07) is 8.01. The van der Waals surface area contributed by atoms with E-state index in [1.54, 1.807) is 35.1 Å². The predicted molar refractivity (Wildman–Crippen MR) is 86.4 cm³/mol. The van der Waals surface area contributed by atoms with Crippen LogP contribution in [-0.2, 0) is 7.05 Å². The molecule has 0 fully saturated rings. The number of aromatic nitrogens is 4. The van der Waals surface area contributed by atoms with Crippen molar-refractivity contribution in [1.82, 2.24) is 19.6 Å². The van der Waals surface area contributed by atoms with Crippen LogP contribution in [-0.4, -0.2) is 30.4 Å². The number of benzene rings is 1. The van der Waals surface area contributed by atoms with E-state index < -0.39 is 10.8 Å². The number of rotatable bonds is 4. The minimum Gasteiger partial charge on any atom is -0.358 e. The highest BCUT2D eigenvalue weighted by molar-refractivity contribution is 6.30. The van der Waals surface area contributed by atoms with Gasteiger partial charge in [-0.2, -0.15) is 9.78 Å². The number of hydrogen-bond acceptors (Lipinski definition) is 5. The fourth-order valence-corrected chi connectivity index (χ4v) is 2.22. The van der Waals surface area contributed by atoms with E-state index in [9.17, 15) is 14.9 Å². The van der Waals surface area contributed by atoms with Gasteiger partial charge in [0.15, 0.2) is 5.69 Å². The van der Waals surface area contributed by atoms with Crippen molar-refractivity contribution in [2.24, 2.45) is 7.05 Å². The molecule has 0 saturated carbocycles. The number of carbonyl (C=O) groups excluding carboxylic acids is 1. The molecule has 1 amide bonds. The number of halogens is 1. The highest BCUT2D eigenvalue weighted by atomic mass is 35.5. The molecular formula is C14H11ClN6O3. The first-order valence-corrected chi connectivity index (χ1v) is 7.12. The van der Waals surface area contributed by atoms with Gasteiger partial charge in [-0.1, -0.05) is 11.6 Å². The third-order valence-electron chi connectivity index (χ3n) is 3.23. The Morgan fingerprint density at radius 1 is 1.33 bits per heavy atom. The van der Waals surface area contributed by atoms with E-state index >= 15 is 0 Å². The average molecular weight is 347 g/mol. The highest BCUT2D eigenvalue weighted by Crippen LogP contribution is 2.17. The SMILES string of the molecule is Cn1nc([N+](=O)[O-])cc1C(=O)Nc1ccc(-n2cc(Cl)cn2)cc1. The minimum absolute atomic E-state index is 0.0876. The fraction of sp³-hybridized carbons (Fsp3) is 0.0714. The van der Waals surface area contributed by atoms with Crippen molar-refractivity contribution in [2.75, 3.05) is 5.32 Å². The summed E-state index contributed by atoms with van der Waals surface area (Å²) in [5.74, 6) is -0.874. The number of aryl methyl sites for hydroxylation is 1. The Labute approximate surface area is 140 Å². The maximum atomic E-state index is 12.2. The molecule has 122 valence electrons. The van der Waals surface area contributed by atoms with Crippen molar-refractivity contribution in [3.8, 4) is 5.69 Å². The zero-order valence-electron chi connectivity index (χ0n) is 12.4. The van der Waals surface area contributed by atoms with Crippen LogP contribution in [0.3, 0.4) is 0 Å². The molecule has 0 atom stereocenters. The van der Waals surface area contributed by atoms with Crippen molar-refractivity contribution < 1.29 is 9.72 Å². The van der Waals surface area contributed by atoms with Gasteiger partial charge in [0.2, 0.25) is 0 Å². The predicted octanol–water partition coefficient (Wildman–Crippen LogP) is 2.42. The van der Waals surface area contributed by atoms with Crippen LogP contribution in [0.5, 0.6) is 0 Å². The lowest BCUT2D eigenvalue weighted by molar-refractivity contribution is -0.389. The van der Waals surface area contributed by atoms with Gasteiger partial charge in [0.05, 0.1) is 35.1 Å². The molecule has 0 aliphatic rings. The molecule has 0 radical (unpaired) electrons. The Balaban J connectivity index is 1.76. The summed E-state index contributed by atoms with van der Waals surface area (Å²) in [5.41, 5.74) is 1.39. The largest absolute Gasteiger partial charge is 0.390 e. The monoisotopic (exact) mass is 346 g/mol. The quantitative estimate of drug-likeness (QED) is 0.576. The number of amides is 1. The molecule has 0 unspecified atom stereocenters. The number of nitro groups is 1. The molecule has 3 aromatic rings. The summed E-state index contributed by atoms with van der Waals surface area (Å²) in [5, 5.41) is 21.6. The van der Waals surface area contributed by atoms with Gasteiger partial charge in [0.1, 0.15) is 0 Å². The molecule has 2 aromatic heterocycles. The van der Waals surface area contributed by atoms with Gasteiger partial charge in [0, 0.05) is 11.9 Å². The van der Waals surface area contributed by atoms with Crippen molar-refractivity contribution >= 4 is 29.0 Å². The summed E-state index contributed by atoms with van der Waals surface area (Å²) in [6.45, 7) is 0. The molecule has 24 heavy (non-hydrogen) atoms. The van der Waals surface area contributed by atoms with Crippen LogP contribution >= 0.6 is 11.6 Å². The molecule has 2 heterocycles. The second-order valence-corrected chi connectivity index (χ2v) is 5.31. The third-order valence-corrected chi connectivity index (χ3v) is 3.42. The van der Waals surface area contributed by atoms with E-state index in [0.717, 1.165) is 16.4 Å². The molecule has 0 aliphatic heterocycles. The molecule has 0 bridgehead atoms. The fourth-order valence-electron chi connectivity index (χ4n) is 2.09. The van der Waals surface area contributed by atoms with Crippen molar-refractivity contribution in [3.05, 3.63) is 63.6 Å². The van der Waals surface area contributed by atoms with E-state index in [1.165, 1.54) is 13.2 Å². The molecule has 0 aliphatic carbocycles. The molecule has 0 spiro atoms. The van der Waals surface area contributed by atoms with E-state index in [1.807, 2.05) is 0 Å². The van der Waals surface area contributed by atoms with Crippen molar-refractivity contribution in [3.63, 3.8) is 0 Å². The first-order chi connectivity index (χ1) is 11.4. The summed E-state index contributed by atoms with van der Waals surface area (Å²) in [7, 11) is 1.46. The number of anilines is 1. The van der Waals surface area contributed by atoms with Gasteiger partial charge >= 0.3 is 5.82 Å². The van der Waals surface area contributed by atoms with Gasteiger partial charge in [-0.15, -0.1) is 0 Å². The smallest absolute Gasteiger partial charge is 0.358 e. The lowest BCUT2D eigenvalue weighted by Gasteiger charge is -2.06. The first-order valence-electron chi connectivity index (χ1n) is 6.74. The Morgan fingerprint density at radius 2 is 2.04 bits per heavy atom. The number of nitrogens with zero attached hydrogens (tertiary/aromatic N) is 5. The second-order valence-electron chi connectivity index (χ2n) is 4.87. The topological polar surface area (TPSA) is 108 Å². The average Bonchev–Trinajstić information content (AvgIpc) is 3.14. The Hall–Kier alpha value is -3.20. The van der Waals surface area contributed by atoms with E-state index in [2.05, 4.69) is 15.5 Å². The molecule has 1 N–H and O–H groups in total. The van der Waals surface area contributed by atoms with Crippen LogP contribution < -0.4 is 5.32 Å². The standard InChI is InChI=1S/C14H11ClN6O3/c1-19-12(6-13(18-19)21(23)24)14(22)17-10-2-4-11(5-3-10)20-8-9(15)7-16-20/h2-8H,1H3,(H,17,22). The Morgan fingerprint density at radius 3 is 2.58 bits per heavy atom. The van der Waals surface area contributed by atoms with Gasteiger partial charge in [-0.05, 0) is 29.2 Å². The molecule has 1 aromatic carbocycles. The third kappa shape index (κ3) is 3.10. The zero-order valence-corrected chi connectivity index (χ0v) is 13.1. The van der Waals surface area contributed by atoms with Crippen molar-refractivity contribution in [1.29, 1.82) is 0 Å². The van der Waals surface area contributed by atoms with Crippen LogP contribution in [0.1, 0.15) is 10.5 Å². The summed E-state index contributed by atoms with van der Waals surface area (Å²) in [4.78, 5) is 22.2. The molecular weight excluding hydrogens is 336 g/mol.